The monoisotopic (exact) mass is 572 g/mol. The maximum absolute atomic E-state index is 14.2. The van der Waals surface area contributed by atoms with Crippen LogP contribution in [0.3, 0.4) is 0 Å². The lowest BCUT2D eigenvalue weighted by atomic mass is 9.91. The molecule has 220 valence electrons. The van der Waals surface area contributed by atoms with Crippen molar-refractivity contribution >= 4 is 17.4 Å². The predicted octanol–water partition coefficient (Wildman–Crippen LogP) is 2.28. The number of piperazine rings is 1. The van der Waals surface area contributed by atoms with Gasteiger partial charge in [-0.2, -0.15) is 23.5 Å². The van der Waals surface area contributed by atoms with Crippen molar-refractivity contribution in [3.8, 4) is 6.07 Å². The Labute approximate surface area is 237 Å². The molecule has 0 spiro atoms. The lowest BCUT2D eigenvalue weighted by molar-refractivity contribution is -0.141. The summed E-state index contributed by atoms with van der Waals surface area (Å²) in [6.45, 7) is 8.84. The van der Waals surface area contributed by atoms with Crippen LogP contribution in [0.5, 0.6) is 0 Å². The van der Waals surface area contributed by atoms with E-state index in [2.05, 4.69) is 21.6 Å². The van der Waals surface area contributed by atoms with Gasteiger partial charge in [0, 0.05) is 76.6 Å². The van der Waals surface area contributed by atoms with Gasteiger partial charge < -0.3 is 19.8 Å². The molecule has 0 radical (unpaired) electrons. The van der Waals surface area contributed by atoms with Gasteiger partial charge >= 0.3 is 6.18 Å². The van der Waals surface area contributed by atoms with E-state index in [9.17, 15) is 28.3 Å². The van der Waals surface area contributed by atoms with Crippen molar-refractivity contribution in [2.75, 3.05) is 62.2 Å². The van der Waals surface area contributed by atoms with Crippen molar-refractivity contribution in [1.29, 1.82) is 5.26 Å². The number of aryl methyl sites for hydroxylation is 2. The van der Waals surface area contributed by atoms with E-state index in [0.29, 0.717) is 45.8 Å². The number of anilines is 2. The van der Waals surface area contributed by atoms with Gasteiger partial charge in [-0.15, -0.1) is 0 Å². The molecule has 0 bridgehead atoms. The first kappa shape index (κ1) is 28.9. The van der Waals surface area contributed by atoms with Gasteiger partial charge in [0.25, 0.3) is 0 Å². The van der Waals surface area contributed by atoms with E-state index in [1.165, 1.54) is 6.08 Å². The smallest absolute Gasteiger partial charge is 0.394 e. The molecule has 2 aromatic heterocycles. The standard InChI is InChI=1S/C28H35F3N8O2/c1-4-25(41)38-11-9-36(10-12-38)22-16-39(23(22)17-40)21-13-24(34-27(20(21)14-32)28(29,30)31)37-7-5-19(6-8-37)26-18(2)15-33-35(26)3/h4,13,15,19,22-23,40H,1,5-12,16-17H2,2-3H3. The molecular formula is C28H35F3N8O2. The minimum atomic E-state index is -4.81. The van der Waals surface area contributed by atoms with Crippen LogP contribution in [0.1, 0.15) is 41.3 Å². The first-order chi connectivity index (χ1) is 19.6. The second kappa shape index (κ2) is 11.3. The lowest BCUT2D eigenvalue weighted by Gasteiger charge is -2.55. The number of hydrogen-bond donors (Lipinski definition) is 1. The molecule has 41 heavy (non-hydrogen) atoms. The number of aromatic nitrogens is 3. The molecule has 1 N–H and O–H groups in total. The van der Waals surface area contributed by atoms with E-state index >= 15 is 0 Å². The summed E-state index contributed by atoms with van der Waals surface area (Å²) < 4.78 is 44.5. The third-order valence-electron chi connectivity index (χ3n) is 8.74. The summed E-state index contributed by atoms with van der Waals surface area (Å²) >= 11 is 0. The Morgan fingerprint density at radius 2 is 1.90 bits per heavy atom. The number of aliphatic hydroxyl groups excluding tert-OH is 1. The highest BCUT2D eigenvalue weighted by atomic mass is 19.4. The number of rotatable bonds is 6. The molecule has 13 heteroatoms. The molecule has 3 aliphatic rings. The third-order valence-corrected chi connectivity index (χ3v) is 8.74. The summed E-state index contributed by atoms with van der Waals surface area (Å²) in [4.78, 5) is 23.3. The van der Waals surface area contributed by atoms with Gasteiger partial charge in [0.05, 0.1) is 24.5 Å². The van der Waals surface area contributed by atoms with Crippen LogP contribution < -0.4 is 9.80 Å². The maximum atomic E-state index is 14.2. The average Bonchev–Trinajstić information content (AvgIpc) is 3.29. The number of aliphatic hydroxyl groups is 1. The fraction of sp³-hybridized carbons (Fsp3) is 0.571. The van der Waals surface area contributed by atoms with Gasteiger partial charge in [-0.3, -0.25) is 14.4 Å². The Hall–Kier alpha value is -3.63. The Morgan fingerprint density at radius 3 is 2.44 bits per heavy atom. The topological polar surface area (TPSA) is 105 Å². The Morgan fingerprint density at radius 1 is 1.22 bits per heavy atom. The molecule has 3 fully saturated rings. The molecule has 2 aromatic rings. The summed E-state index contributed by atoms with van der Waals surface area (Å²) in [5.74, 6) is 0.291. The Balaban J connectivity index is 1.38. The van der Waals surface area contributed by atoms with Crippen LogP contribution in [0.25, 0.3) is 0 Å². The van der Waals surface area contributed by atoms with Gasteiger partial charge in [0.15, 0.2) is 5.69 Å². The van der Waals surface area contributed by atoms with Gasteiger partial charge in [-0.25, -0.2) is 4.98 Å². The Kier molecular flexibility index (Phi) is 7.98. The molecule has 5 rings (SSSR count). The van der Waals surface area contributed by atoms with Crippen LogP contribution in [0.4, 0.5) is 24.7 Å². The van der Waals surface area contributed by atoms with Crippen molar-refractivity contribution in [1.82, 2.24) is 24.6 Å². The molecular weight excluding hydrogens is 537 g/mol. The van der Waals surface area contributed by atoms with Crippen LogP contribution in [0, 0.1) is 18.3 Å². The molecule has 0 aromatic carbocycles. The van der Waals surface area contributed by atoms with E-state index in [1.807, 2.05) is 29.7 Å². The van der Waals surface area contributed by atoms with Crippen LogP contribution in [-0.4, -0.2) is 100 Å². The molecule has 0 saturated carbocycles. The number of carbonyl (C=O) groups is 1. The molecule has 3 saturated heterocycles. The van der Waals surface area contributed by atoms with E-state index in [0.717, 1.165) is 24.1 Å². The van der Waals surface area contributed by atoms with Crippen LogP contribution in [0.2, 0.25) is 0 Å². The van der Waals surface area contributed by atoms with Gasteiger partial charge in [-0.05, 0) is 31.4 Å². The van der Waals surface area contributed by atoms with Crippen LogP contribution in [0.15, 0.2) is 24.9 Å². The highest BCUT2D eigenvalue weighted by Crippen LogP contribution is 2.41. The SMILES string of the molecule is C=CC(=O)N1CCN(C2CN(c3cc(N4CCC(c5c(C)cnn5C)CC4)nc(C(F)(F)F)c3C#N)C2CO)CC1. The number of halogens is 3. The average molecular weight is 573 g/mol. The highest BCUT2D eigenvalue weighted by molar-refractivity contribution is 5.87. The number of piperidine rings is 1. The van der Waals surface area contributed by atoms with E-state index in [1.54, 1.807) is 21.9 Å². The van der Waals surface area contributed by atoms with Crippen LogP contribution >= 0.6 is 0 Å². The zero-order valence-corrected chi connectivity index (χ0v) is 23.3. The second-order valence-electron chi connectivity index (χ2n) is 11.0. The lowest BCUT2D eigenvalue weighted by Crippen LogP contribution is -2.70. The van der Waals surface area contributed by atoms with E-state index in [-0.39, 0.29) is 36.0 Å². The molecule has 3 aliphatic heterocycles. The van der Waals surface area contributed by atoms with Gasteiger partial charge in [0.2, 0.25) is 5.91 Å². The number of amides is 1. The molecule has 2 atom stereocenters. The third kappa shape index (κ3) is 5.38. The summed E-state index contributed by atoms with van der Waals surface area (Å²) in [6, 6.07) is 2.72. The molecule has 2 unspecified atom stereocenters. The van der Waals surface area contributed by atoms with Crippen molar-refractivity contribution in [3.63, 3.8) is 0 Å². The highest BCUT2D eigenvalue weighted by Gasteiger charge is 2.46. The van der Waals surface area contributed by atoms with Crippen molar-refractivity contribution in [2.24, 2.45) is 7.05 Å². The maximum Gasteiger partial charge on any atom is 0.434 e. The fourth-order valence-corrected chi connectivity index (χ4v) is 6.53. The molecule has 0 aliphatic carbocycles. The first-order valence-electron chi connectivity index (χ1n) is 13.9. The van der Waals surface area contributed by atoms with Crippen LogP contribution in [-0.2, 0) is 18.0 Å². The minimum absolute atomic E-state index is 0.114. The zero-order valence-electron chi connectivity index (χ0n) is 23.3. The number of pyridine rings is 1. The number of nitrogens with zero attached hydrogens (tertiary/aromatic N) is 8. The van der Waals surface area contributed by atoms with E-state index in [4.69, 9.17) is 0 Å². The predicted molar refractivity (Wildman–Crippen MR) is 146 cm³/mol. The number of hydrogen-bond acceptors (Lipinski definition) is 8. The molecule has 10 nitrogen and oxygen atoms in total. The second-order valence-corrected chi connectivity index (χ2v) is 11.0. The minimum Gasteiger partial charge on any atom is -0.394 e. The summed E-state index contributed by atoms with van der Waals surface area (Å²) in [6.07, 6.45) is -0.228. The summed E-state index contributed by atoms with van der Waals surface area (Å²) in [5, 5.41) is 24.5. The van der Waals surface area contributed by atoms with Crippen molar-refractivity contribution in [3.05, 3.63) is 47.4 Å². The largest absolute Gasteiger partial charge is 0.434 e. The first-order valence-corrected chi connectivity index (χ1v) is 13.9. The quantitative estimate of drug-likeness (QED) is 0.526. The number of nitriles is 1. The normalized spacial score (nSPS) is 22.4. The summed E-state index contributed by atoms with van der Waals surface area (Å²) in [5.41, 5.74) is 0.653. The number of alkyl halides is 3. The zero-order chi connectivity index (χ0) is 29.5. The van der Waals surface area contributed by atoms with E-state index < -0.39 is 23.5 Å². The van der Waals surface area contributed by atoms with Gasteiger partial charge in [0.1, 0.15) is 17.5 Å². The number of carbonyl (C=O) groups excluding carboxylic acids is 1. The van der Waals surface area contributed by atoms with Crippen molar-refractivity contribution in [2.45, 2.75) is 43.9 Å². The van der Waals surface area contributed by atoms with Gasteiger partial charge in [-0.1, -0.05) is 6.58 Å². The van der Waals surface area contributed by atoms with Crippen molar-refractivity contribution < 1.29 is 23.1 Å². The molecule has 1 amide bonds. The molecule has 5 heterocycles. The summed E-state index contributed by atoms with van der Waals surface area (Å²) in [7, 11) is 1.90. The Bertz CT molecular complexity index is 1320. The fourth-order valence-electron chi connectivity index (χ4n) is 6.53.